The van der Waals surface area contributed by atoms with E-state index in [1.807, 2.05) is 0 Å². The highest BCUT2D eigenvalue weighted by atomic mass is 19.4. The van der Waals surface area contributed by atoms with Crippen LogP contribution in [-0.4, -0.2) is 15.6 Å². The Bertz CT molecular complexity index is 1000. The van der Waals surface area contributed by atoms with Gasteiger partial charge in [0.1, 0.15) is 5.82 Å². The number of hydrogen-bond acceptors (Lipinski definition) is 3. The van der Waals surface area contributed by atoms with Crippen molar-refractivity contribution >= 4 is 16.7 Å². The minimum absolute atomic E-state index is 0. The van der Waals surface area contributed by atoms with Gasteiger partial charge in [0, 0.05) is 12.9 Å². The third kappa shape index (κ3) is 3.26. The van der Waals surface area contributed by atoms with Crippen molar-refractivity contribution < 1.29 is 19.3 Å². The Labute approximate surface area is 147 Å². The summed E-state index contributed by atoms with van der Waals surface area (Å²) in [6.07, 6.45) is -2.56. The van der Waals surface area contributed by atoms with Gasteiger partial charge in [-0.1, -0.05) is 18.2 Å². The van der Waals surface area contributed by atoms with Gasteiger partial charge in [0.2, 0.25) is 0 Å². The predicted octanol–water partition coefficient (Wildman–Crippen LogP) is 4.38. The molecule has 0 aliphatic heterocycles. The second kappa shape index (κ2) is 6.44. The minimum Gasteiger partial charge on any atom is -0.367 e. The highest BCUT2D eigenvalue weighted by molar-refractivity contribution is 5.91. The molecular weight excluding hydrogens is 350 g/mol. The van der Waals surface area contributed by atoms with E-state index in [0.29, 0.717) is 16.9 Å². The second-order valence-electron chi connectivity index (χ2n) is 6.06. The molecule has 0 atom stereocenters. The first-order valence-corrected chi connectivity index (χ1v) is 7.89. The van der Waals surface area contributed by atoms with Gasteiger partial charge in [-0.3, -0.25) is 9.27 Å². The lowest BCUT2D eigenvalue weighted by Gasteiger charge is -2.15. The number of fused-ring (bicyclic) bond motifs is 1. The van der Waals surface area contributed by atoms with Crippen molar-refractivity contribution in [2.75, 3.05) is 5.32 Å². The molecule has 0 saturated heterocycles. The molecule has 1 fully saturated rings. The smallest absolute Gasteiger partial charge is 0.367 e. The molecule has 0 radical (unpaired) electrons. The van der Waals surface area contributed by atoms with Crippen LogP contribution in [0.3, 0.4) is 0 Å². The van der Waals surface area contributed by atoms with Crippen molar-refractivity contribution in [2.24, 2.45) is 0 Å². The van der Waals surface area contributed by atoms with Gasteiger partial charge in [-0.05, 0) is 43.2 Å². The Kier molecular flexibility index (Phi) is 4.43. The van der Waals surface area contributed by atoms with Crippen LogP contribution in [0.25, 0.3) is 16.6 Å². The molecule has 1 saturated carbocycles. The number of para-hydroxylation sites is 1. The Morgan fingerprint density at radius 2 is 1.81 bits per heavy atom. The lowest BCUT2D eigenvalue weighted by atomic mass is 10.1. The maximum Gasteiger partial charge on any atom is 0.416 e. The largest absolute Gasteiger partial charge is 0.416 e. The van der Waals surface area contributed by atoms with Crippen molar-refractivity contribution in [3.63, 3.8) is 0 Å². The molecule has 1 heterocycles. The van der Waals surface area contributed by atoms with E-state index in [-0.39, 0.29) is 17.7 Å². The Hall–Kier alpha value is -2.90. The van der Waals surface area contributed by atoms with Gasteiger partial charge in [-0.2, -0.15) is 18.2 Å². The molecule has 0 spiro atoms. The maximum absolute atomic E-state index is 13.2. The summed E-state index contributed by atoms with van der Waals surface area (Å²) in [5.41, 5.74) is -0.750. The highest BCUT2D eigenvalue weighted by Crippen LogP contribution is 2.34. The molecule has 0 unspecified atom stereocenters. The topological polar surface area (TPSA) is 46.9 Å². The number of hydrogen-bond donors (Lipinski definition) is 1. The molecule has 8 heteroatoms. The van der Waals surface area contributed by atoms with Crippen LogP contribution in [0.5, 0.6) is 0 Å². The molecule has 1 aliphatic carbocycles. The Morgan fingerprint density at radius 3 is 2.42 bits per heavy atom. The van der Waals surface area contributed by atoms with Gasteiger partial charge in [0.15, 0.2) is 0 Å². The average Bonchev–Trinajstić information content (AvgIpc) is 3.38. The van der Waals surface area contributed by atoms with Crippen LogP contribution in [0, 0.1) is 0 Å². The number of benzene rings is 2. The molecule has 4 rings (SSSR count). The first-order chi connectivity index (χ1) is 11.9. The molecule has 26 heavy (non-hydrogen) atoms. The summed E-state index contributed by atoms with van der Waals surface area (Å²) < 4.78 is 40.7. The van der Waals surface area contributed by atoms with E-state index >= 15 is 0 Å². The van der Waals surface area contributed by atoms with Gasteiger partial charge in [0.05, 0.1) is 16.8 Å². The molecule has 138 valence electrons. The van der Waals surface area contributed by atoms with Crippen LogP contribution >= 0.6 is 0 Å². The summed E-state index contributed by atoms with van der Waals surface area (Å²) in [4.78, 5) is 16.6. The number of nitrogens with one attached hydrogen (secondary N) is 1. The summed E-state index contributed by atoms with van der Waals surface area (Å²) in [6.45, 7) is 0. The zero-order valence-electron chi connectivity index (χ0n) is 13.5. The fourth-order valence-electron chi connectivity index (χ4n) is 2.76. The lowest BCUT2D eigenvalue weighted by Crippen LogP contribution is -2.24. The van der Waals surface area contributed by atoms with Crippen molar-refractivity contribution in [1.29, 1.82) is 0 Å². The van der Waals surface area contributed by atoms with Crippen molar-refractivity contribution in [3.8, 4) is 5.69 Å². The summed E-state index contributed by atoms with van der Waals surface area (Å²) in [5, 5.41) is 3.62. The highest BCUT2D eigenvalue weighted by Gasteiger charge is 2.31. The molecule has 0 bridgehead atoms. The van der Waals surface area contributed by atoms with E-state index in [1.165, 1.54) is 10.6 Å². The van der Waals surface area contributed by atoms with Gasteiger partial charge in [-0.15, -0.1) is 0 Å². The number of halogens is 4. The van der Waals surface area contributed by atoms with Crippen LogP contribution in [0.4, 0.5) is 23.7 Å². The molecule has 1 N–H and O–H groups in total. The molecule has 3 aromatic rings. The van der Waals surface area contributed by atoms with Crippen LogP contribution in [0.1, 0.15) is 19.8 Å². The number of rotatable bonds is 3. The Morgan fingerprint density at radius 1 is 1.12 bits per heavy atom. The van der Waals surface area contributed by atoms with Crippen LogP contribution in [0.15, 0.2) is 53.3 Å². The third-order valence-electron chi connectivity index (χ3n) is 4.15. The summed E-state index contributed by atoms with van der Waals surface area (Å²) in [6, 6.07) is 12.2. The molecule has 4 nitrogen and oxygen atoms in total. The summed E-state index contributed by atoms with van der Waals surface area (Å²) in [5.74, 6) is 0.336. The Balaban J connectivity index is 0.00000131. The second-order valence-corrected chi connectivity index (χ2v) is 6.06. The van der Waals surface area contributed by atoms with E-state index in [4.69, 9.17) is 0 Å². The van der Waals surface area contributed by atoms with Crippen molar-refractivity contribution in [3.05, 3.63) is 64.6 Å². The van der Waals surface area contributed by atoms with E-state index in [0.717, 1.165) is 25.0 Å². The van der Waals surface area contributed by atoms with Gasteiger partial charge >= 0.3 is 11.9 Å². The fraction of sp³-hybridized carbons (Fsp3) is 0.222. The summed E-state index contributed by atoms with van der Waals surface area (Å²) in [7, 11) is 0. The first-order valence-electron chi connectivity index (χ1n) is 7.89. The van der Waals surface area contributed by atoms with Crippen molar-refractivity contribution in [1.82, 2.24) is 9.55 Å². The van der Waals surface area contributed by atoms with E-state index in [1.54, 1.807) is 30.3 Å². The predicted molar refractivity (Wildman–Crippen MR) is 93.6 cm³/mol. The molecule has 1 aromatic heterocycles. The maximum atomic E-state index is 13.2. The number of alkyl halides is 3. The van der Waals surface area contributed by atoms with E-state index < -0.39 is 17.4 Å². The molecule has 1 aliphatic rings. The van der Waals surface area contributed by atoms with E-state index in [9.17, 15) is 18.0 Å². The molecule has 0 amide bonds. The number of aromatic nitrogens is 2. The third-order valence-corrected chi connectivity index (χ3v) is 4.15. The van der Waals surface area contributed by atoms with Gasteiger partial charge in [0.25, 0.3) is 0 Å². The SMILES string of the molecule is F.O=c1nc(NC2CC2)c2ccc(C(F)(F)F)cc2n1-c1ccccc1.[HH]. The van der Waals surface area contributed by atoms with Gasteiger partial charge in [-0.25, -0.2) is 4.79 Å². The van der Waals surface area contributed by atoms with E-state index in [2.05, 4.69) is 10.3 Å². The van der Waals surface area contributed by atoms with Crippen molar-refractivity contribution in [2.45, 2.75) is 25.1 Å². The minimum atomic E-state index is -4.49. The lowest BCUT2D eigenvalue weighted by molar-refractivity contribution is -0.137. The standard InChI is InChI=1S/C18H14F3N3O.FH.H2/c19-18(20,21)11-6-9-14-15(10-11)24(13-4-2-1-3-5-13)17(25)23-16(14)22-12-7-8-12;;/h1-6,9-10,12H,7-8H2,(H,22,23,25);2*1H. The normalized spacial score (nSPS) is 14.1. The molecular formula is C18H17F4N3O. The van der Waals surface area contributed by atoms with Crippen LogP contribution in [0.2, 0.25) is 0 Å². The zero-order chi connectivity index (χ0) is 17.6. The van der Waals surface area contributed by atoms with Gasteiger partial charge < -0.3 is 5.32 Å². The monoisotopic (exact) mass is 367 g/mol. The zero-order valence-corrected chi connectivity index (χ0v) is 13.5. The average molecular weight is 367 g/mol. The molecule has 2 aromatic carbocycles. The van der Waals surface area contributed by atoms with Crippen LogP contribution in [-0.2, 0) is 6.18 Å². The number of nitrogens with zero attached hydrogens (tertiary/aromatic N) is 2. The van der Waals surface area contributed by atoms with Crippen LogP contribution < -0.4 is 11.0 Å². The number of anilines is 1. The quantitative estimate of drug-likeness (QED) is 0.699. The first kappa shape index (κ1) is 17.9. The fourth-order valence-corrected chi connectivity index (χ4v) is 2.76. The summed E-state index contributed by atoms with van der Waals surface area (Å²) >= 11 is 0.